The summed E-state index contributed by atoms with van der Waals surface area (Å²) in [6, 6.07) is 10.5. The van der Waals surface area contributed by atoms with Crippen molar-refractivity contribution in [2.24, 2.45) is 5.92 Å². The van der Waals surface area contributed by atoms with Crippen LogP contribution in [0.25, 0.3) is 6.08 Å². The molecular weight excluding hydrogens is 304 g/mol. The molecule has 4 heteroatoms. The van der Waals surface area contributed by atoms with Gasteiger partial charge < -0.3 is 19.7 Å². The van der Waals surface area contributed by atoms with Crippen molar-refractivity contribution in [1.29, 1.82) is 0 Å². The molecule has 4 nitrogen and oxygen atoms in total. The summed E-state index contributed by atoms with van der Waals surface area (Å²) < 4.78 is 5.20. The van der Waals surface area contributed by atoms with Crippen molar-refractivity contribution in [3.8, 4) is 5.75 Å². The average molecular weight is 328 g/mol. The van der Waals surface area contributed by atoms with E-state index in [-0.39, 0.29) is 5.75 Å². The second-order valence-corrected chi connectivity index (χ2v) is 5.93. The number of aromatic hydroxyl groups is 1. The van der Waals surface area contributed by atoms with Gasteiger partial charge in [-0.3, -0.25) is 0 Å². The number of hydrogen-bond acceptors (Lipinski definition) is 4. The van der Waals surface area contributed by atoms with Gasteiger partial charge in [-0.2, -0.15) is 0 Å². The van der Waals surface area contributed by atoms with Gasteiger partial charge in [0.2, 0.25) is 0 Å². The summed E-state index contributed by atoms with van der Waals surface area (Å²) in [6.07, 6.45) is 4.40. The molecule has 3 N–H and O–H groups in total. The Labute approximate surface area is 142 Å². The van der Waals surface area contributed by atoms with Gasteiger partial charge in [-0.1, -0.05) is 35.9 Å². The summed E-state index contributed by atoms with van der Waals surface area (Å²) in [5, 5.41) is 30.5. The summed E-state index contributed by atoms with van der Waals surface area (Å²) in [5.41, 5.74) is 1.78. The lowest BCUT2D eigenvalue weighted by molar-refractivity contribution is 0.0208. The zero-order valence-electron chi connectivity index (χ0n) is 13.8. The van der Waals surface area contributed by atoms with Crippen molar-refractivity contribution in [3.05, 3.63) is 72.2 Å². The zero-order valence-corrected chi connectivity index (χ0v) is 13.8. The number of para-hydroxylation sites is 1. The van der Waals surface area contributed by atoms with E-state index in [1.54, 1.807) is 30.3 Å². The van der Waals surface area contributed by atoms with Crippen LogP contribution in [-0.4, -0.2) is 21.4 Å². The fourth-order valence-electron chi connectivity index (χ4n) is 2.66. The third-order valence-corrected chi connectivity index (χ3v) is 4.09. The van der Waals surface area contributed by atoms with Gasteiger partial charge in [-0.15, -0.1) is 6.58 Å². The third-order valence-electron chi connectivity index (χ3n) is 4.09. The van der Waals surface area contributed by atoms with Crippen LogP contribution >= 0.6 is 0 Å². The van der Waals surface area contributed by atoms with Gasteiger partial charge >= 0.3 is 0 Å². The molecule has 0 bridgehead atoms. The molecule has 0 radical (unpaired) electrons. The number of benzene rings is 1. The van der Waals surface area contributed by atoms with E-state index >= 15 is 0 Å². The van der Waals surface area contributed by atoms with Crippen molar-refractivity contribution in [2.45, 2.75) is 32.0 Å². The molecular formula is C20H24O4. The maximum atomic E-state index is 10.4. The van der Waals surface area contributed by atoms with Crippen molar-refractivity contribution >= 4 is 6.08 Å². The van der Waals surface area contributed by atoms with Crippen LogP contribution in [0.2, 0.25) is 0 Å². The number of rotatable bonds is 8. The Morgan fingerprint density at radius 2 is 1.96 bits per heavy atom. The van der Waals surface area contributed by atoms with E-state index in [4.69, 9.17) is 4.42 Å². The van der Waals surface area contributed by atoms with Crippen LogP contribution in [0.4, 0.5) is 0 Å². The largest absolute Gasteiger partial charge is 0.507 e. The molecule has 2 aromatic rings. The molecule has 0 saturated heterocycles. The molecule has 3 atom stereocenters. The lowest BCUT2D eigenvalue weighted by atomic mass is 9.90. The lowest BCUT2D eigenvalue weighted by Gasteiger charge is -2.23. The topological polar surface area (TPSA) is 73.8 Å². The van der Waals surface area contributed by atoms with Gasteiger partial charge in [0.25, 0.3) is 0 Å². The maximum absolute atomic E-state index is 10.4. The van der Waals surface area contributed by atoms with Crippen molar-refractivity contribution in [1.82, 2.24) is 0 Å². The Kier molecular flexibility index (Phi) is 6.41. The standard InChI is InChI=1S/C20H24O4/c1-3-16(20(23)19-9-6-12-24-19)18(22)11-10-14(2)13-15-7-4-5-8-17(15)21/h3-9,12-13,16,18,20-23H,1,10-11H2,2H3/b14-13+/t16-,18-,20+/m1/s1. The summed E-state index contributed by atoms with van der Waals surface area (Å²) in [4.78, 5) is 0. The first-order valence-electron chi connectivity index (χ1n) is 8.00. The number of aliphatic hydroxyl groups is 2. The number of aliphatic hydroxyl groups excluding tert-OH is 2. The third kappa shape index (κ3) is 4.60. The average Bonchev–Trinajstić information content (AvgIpc) is 3.10. The first-order valence-corrected chi connectivity index (χ1v) is 8.00. The highest BCUT2D eigenvalue weighted by atomic mass is 16.4. The molecule has 0 fully saturated rings. The van der Waals surface area contributed by atoms with Crippen LogP contribution < -0.4 is 0 Å². The lowest BCUT2D eigenvalue weighted by Crippen LogP contribution is -2.24. The van der Waals surface area contributed by atoms with Crippen LogP contribution in [0.5, 0.6) is 5.75 Å². The Hall–Kier alpha value is -2.30. The smallest absolute Gasteiger partial charge is 0.132 e. The Bertz CT molecular complexity index is 673. The zero-order chi connectivity index (χ0) is 17.5. The fourth-order valence-corrected chi connectivity index (χ4v) is 2.66. The molecule has 0 aliphatic rings. The first kappa shape index (κ1) is 18.0. The van der Waals surface area contributed by atoms with E-state index in [2.05, 4.69) is 6.58 Å². The normalized spacial score (nSPS) is 15.7. The molecule has 0 unspecified atom stereocenters. The van der Waals surface area contributed by atoms with Crippen LogP contribution in [0.1, 0.15) is 37.2 Å². The van der Waals surface area contributed by atoms with E-state index in [9.17, 15) is 15.3 Å². The Morgan fingerprint density at radius 1 is 1.21 bits per heavy atom. The molecule has 1 heterocycles. The molecule has 0 aliphatic carbocycles. The van der Waals surface area contributed by atoms with Gasteiger partial charge in [0, 0.05) is 11.5 Å². The summed E-state index contributed by atoms with van der Waals surface area (Å²) in [6.45, 7) is 5.66. The molecule has 0 saturated carbocycles. The highest BCUT2D eigenvalue weighted by molar-refractivity contribution is 5.58. The van der Waals surface area contributed by atoms with Gasteiger partial charge in [0.1, 0.15) is 17.6 Å². The van der Waals surface area contributed by atoms with E-state index in [1.807, 2.05) is 25.1 Å². The SMILES string of the molecule is C=C[C@H]([C@H](O)CC/C(C)=C/c1ccccc1O)[C@H](O)c1ccco1. The van der Waals surface area contributed by atoms with E-state index < -0.39 is 18.1 Å². The Balaban J connectivity index is 1.97. The maximum Gasteiger partial charge on any atom is 0.132 e. The Morgan fingerprint density at radius 3 is 2.58 bits per heavy atom. The predicted octanol–water partition coefficient (Wildman–Crippen LogP) is 4.07. The van der Waals surface area contributed by atoms with E-state index in [0.717, 1.165) is 11.1 Å². The molecule has 2 rings (SSSR count). The molecule has 128 valence electrons. The quantitative estimate of drug-likeness (QED) is 0.639. The second-order valence-electron chi connectivity index (χ2n) is 5.93. The van der Waals surface area contributed by atoms with Crippen molar-refractivity contribution < 1.29 is 19.7 Å². The van der Waals surface area contributed by atoms with Gasteiger partial charge in [0.05, 0.1) is 12.4 Å². The number of hydrogen-bond donors (Lipinski definition) is 3. The summed E-state index contributed by atoms with van der Waals surface area (Å²) in [7, 11) is 0. The molecule has 1 aromatic carbocycles. The number of allylic oxidation sites excluding steroid dienone is 1. The minimum Gasteiger partial charge on any atom is -0.507 e. The monoisotopic (exact) mass is 328 g/mol. The minimum atomic E-state index is -0.921. The van der Waals surface area contributed by atoms with Crippen molar-refractivity contribution in [3.63, 3.8) is 0 Å². The second kappa shape index (κ2) is 8.52. The van der Waals surface area contributed by atoms with Crippen LogP contribution in [0.15, 0.2) is 65.3 Å². The highest BCUT2D eigenvalue weighted by Crippen LogP contribution is 2.29. The van der Waals surface area contributed by atoms with Gasteiger partial charge in [-0.25, -0.2) is 0 Å². The molecule has 0 aliphatic heterocycles. The summed E-state index contributed by atoms with van der Waals surface area (Å²) >= 11 is 0. The number of furan rings is 1. The molecule has 24 heavy (non-hydrogen) atoms. The minimum absolute atomic E-state index is 0.231. The van der Waals surface area contributed by atoms with E-state index in [0.29, 0.717) is 18.6 Å². The fraction of sp³-hybridized carbons (Fsp3) is 0.300. The number of phenolic OH excluding ortho intramolecular Hbond substituents is 1. The van der Waals surface area contributed by atoms with Gasteiger partial charge in [0.15, 0.2) is 0 Å². The summed E-state index contributed by atoms with van der Waals surface area (Å²) in [5.74, 6) is 0.143. The highest BCUT2D eigenvalue weighted by Gasteiger charge is 2.27. The molecule has 1 aromatic heterocycles. The number of phenols is 1. The van der Waals surface area contributed by atoms with Crippen LogP contribution in [0, 0.1) is 5.92 Å². The van der Waals surface area contributed by atoms with E-state index in [1.165, 1.54) is 6.26 Å². The van der Waals surface area contributed by atoms with Crippen molar-refractivity contribution in [2.75, 3.05) is 0 Å². The van der Waals surface area contributed by atoms with Crippen LogP contribution in [0.3, 0.4) is 0 Å². The first-order chi connectivity index (χ1) is 11.5. The predicted molar refractivity (Wildman–Crippen MR) is 94.4 cm³/mol. The van der Waals surface area contributed by atoms with Crippen LogP contribution in [-0.2, 0) is 0 Å². The molecule has 0 amide bonds. The molecule has 0 spiro atoms. The van der Waals surface area contributed by atoms with Gasteiger partial charge in [-0.05, 0) is 38.0 Å².